The van der Waals surface area contributed by atoms with E-state index < -0.39 is 0 Å². The number of ether oxygens (including phenoxy) is 2. The zero-order chi connectivity index (χ0) is 19.5. The minimum absolute atomic E-state index is 0.158. The van der Waals surface area contributed by atoms with Crippen LogP contribution in [0.5, 0.6) is 11.5 Å². The van der Waals surface area contributed by atoms with Gasteiger partial charge in [-0.2, -0.15) is 5.10 Å². The molecule has 1 aliphatic heterocycles. The maximum atomic E-state index is 12.4. The predicted molar refractivity (Wildman–Crippen MR) is 103 cm³/mol. The number of amides is 1. The lowest BCUT2D eigenvalue weighted by Crippen LogP contribution is -2.34. The number of benzene rings is 2. The maximum absolute atomic E-state index is 12.4. The number of rotatable bonds is 5. The van der Waals surface area contributed by atoms with Crippen LogP contribution in [0.1, 0.15) is 18.5 Å². The Morgan fingerprint density at radius 1 is 1.11 bits per heavy atom. The van der Waals surface area contributed by atoms with Crippen molar-refractivity contribution in [2.75, 3.05) is 6.79 Å². The molecule has 2 aromatic carbocycles. The highest BCUT2D eigenvalue weighted by atomic mass is 16.7. The molecular formula is C21H19N3O4. The first kappa shape index (κ1) is 17.8. The Balaban J connectivity index is 1.51. The van der Waals surface area contributed by atoms with Crippen molar-refractivity contribution < 1.29 is 14.3 Å². The lowest BCUT2D eigenvalue weighted by Gasteiger charge is -2.15. The molecule has 0 fully saturated rings. The number of fused-ring (bicyclic) bond motifs is 1. The summed E-state index contributed by atoms with van der Waals surface area (Å²) in [4.78, 5) is 24.6. The minimum Gasteiger partial charge on any atom is -0.454 e. The van der Waals surface area contributed by atoms with Gasteiger partial charge in [0, 0.05) is 11.6 Å². The van der Waals surface area contributed by atoms with Crippen LogP contribution in [0.4, 0.5) is 0 Å². The molecule has 1 amide bonds. The van der Waals surface area contributed by atoms with Gasteiger partial charge in [-0.1, -0.05) is 30.3 Å². The van der Waals surface area contributed by atoms with Crippen LogP contribution in [0.25, 0.3) is 11.3 Å². The Hall–Kier alpha value is -3.61. The second-order valence-corrected chi connectivity index (χ2v) is 6.48. The average Bonchev–Trinajstić information content (AvgIpc) is 3.18. The van der Waals surface area contributed by atoms with E-state index in [0.29, 0.717) is 17.2 Å². The van der Waals surface area contributed by atoms with Crippen LogP contribution in [0.3, 0.4) is 0 Å². The normalized spacial score (nSPS) is 13.2. The molecule has 1 aromatic heterocycles. The van der Waals surface area contributed by atoms with E-state index in [1.54, 1.807) is 18.2 Å². The summed E-state index contributed by atoms with van der Waals surface area (Å²) in [5, 5.41) is 7.22. The predicted octanol–water partition coefficient (Wildman–Crippen LogP) is 2.52. The lowest BCUT2D eigenvalue weighted by atomic mass is 10.1. The van der Waals surface area contributed by atoms with Gasteiger partial charge in [-0.05, 0) is 36.8 Å². The molecule has 142 valence electrons. The molecule has 1 unspecified atom stereocenters. The quantitative estimate of drug-likeness (QED) is 0.739. The van der Waals surface area contributed by atoms with Gasteiger partial charge in [-0.25, -0.2) is 4.68 Å². The Kier molecular flexibility index (Phi) is 4.80. The van der Waals surface area contributed by atoms with Crippen molar-refractivity contribution in [2.45, 2.75) is 19.5 Å². The first-order valence-electron chi connectivity index (χ1n) is 8.92. The standard InChI is InChI=1S/C21H19N3O4/c1-14(15-5-3-2-4-6-15)22-20(25)12-24-21(26)10-8-17(23-24)16-7-9-18-19(11-16)28-13-27-18/h2-11,14H,12-13H2,1H3,(H,22,25). The van der Waals surface area contributed by atoms with Crippen LogP contribution in [0.2, 0.25) is 0 Å². The van der Waals surface area contributed by atoms with E-state index in [4.69, 9.17) is 9.47 Å². The van der Waals surface area contributed by atoms with Crippen molar-refractivity contribution in [2.24, 2.45) is 0 Å². The van der Waals surface area contributed by atoms with E-state index in [-0.39, 0.29) is 30.8 Å². The van der Waals surface area contributed by atoms with Gasteiger partial charge in [0.05, 0.1) is 11.7 Å². The Bertz CT molecular complexity index is 1060. The van der Waals surface area contributed by atoms with Crippen LogP contribution in [-0.4, -0.2) is 22.5 Å². The van der Waals surface area contributed by atoms with Gasteiger partial charge in [0.2, 0.25) is 12.7 Å². The first-order valence-corrected chi connectivity index (χ1v) is 8.92. The van der Waals surface area contributed by atoms with E-state index >= 15 is 0 Å². The molecule has 1 aliphatic rings. The molecule has 2 heterocycles. The lowest BCUT2D eigenvalue weighted by molar-refractivity contribution is -0.122. The zero-order valence-corrected chi connectivity index (χ0v) is 15.3. The smallest absolute Gasteiger partial charge is 0.267 e. The molecule has 1 N–H and O–H groups in total. The fourth-order valence-electron chi connectivity index (χ4n) is 3.02. The van der Waals surface area contributed by atoms with Crippen LogP contribution < -0.4 is 20.3 Å². The molecule has 0 aliphatic carbocycles. The fraction of sp³-hybridized carbons (Fsp3) is 0.190. The molecule has 3 aromatic rings. The van der Waals surface area contributed by atoms with Crippen molar-refractivity contribution >= 4 is 5.91 Å². The van der Waals surface area contributed by atoms with Gasteiger partial charge >= 0.3 is 0 Å². The second-order valence-electron chi connectivity index (χ2n) is 6.48. The van der Waals surface area contributed by atoms with E-state index in [2.05, 4.69) is 10.4 Å². The summed E-state index contributed by atoms with van der Waals surface area (Å²) in [5.41, 5.74) is 2.00. The Morgan fingerprint density at radius 3 is 2.71 bits per heavy atom. The number of hydrogen-bond donors (Lipinski definition) is 1. The molecule has 4 rings (SSSR count). The van der Waals surface area contributed by atoms with Gasteiger partial charge in [-0.15, -0.1) is 0 Å². The number of aromatic nitrogens is 2. The first-order chi connectivity index (χ1) is 13.6. The fourth-order valence-corrected chi connectivity index (χ4v) is 3.02. The summed E-state index contributed by atoms with van der Waals surface area (Å²) < 4.78 is 11.8. The van der Waals surface area contributed by atoms with Crippen molar-refractivity contribution in [1.82, 2.24) is 15.1 Å². The number of carbonyl (C=O) groups is 1. The number of carbonyl (C=O) groups excluding carboxylic acids is 1. The molecule has 1 atom stereocenters. The molecule has 0 bridgehead atoms. The second kappa shape index (κ2) is 7.56. The summed E-state index contributed by atoms with van der Waals surface area (Å²) in [7, 11) is 0. The summed E-state index contributed by atoms with van der Waals surface area (Å²) in [6.07, 6.45) is 0. The third kappa shape index (κ3) is 3.73. The molecule has 0 radical (unpaired) electrons. The van der Waals surface area contributed by atoms with Gasteiger partial charge in [0.15, 0.2) is 11.5 Å². The van der Waals surface area contributed by atoms with E-state index in [0.717, 1.165) is 15.8 Å². The minimum atomic E-state index is -0.341. The van der Waals surface area contributed by atoms with E-state index in [1.807, 2.05) is 43.3 Å². The van der Waals surface area contributed by atoms with Gasteiger partial charge in [0.1, 0.15) is 6.54 Å². The number of nitrogens with zero attached hydrogens (tertiary/aromatic N) is 2. The Morgan fingerprint density at radius 2 is 1.89 bits per heavy atom. The third-order valence-electron chi connectivity index (χ3n) is 4.51. The maximum Gasteiger partial charge on any atom is 0.267 e. The highest BCUT2D eigenvalue weighted by Crippen LogP contribution is 2.35. The number of hydrogen-bond acceptors (Lipinski definition) is 5. The summed E-state index contributed by atoms with van der Waals surface area (Å²) in [5.74, 6) is 1.02. The van der Waals surface area contributed by atoms with Crippen molar-refractivity contribution in [3.63, 3.8) is 0 Å². The summed E-state index contributed by atoms with van der Waals surface area (Å²) in [6, 6.07) is 17.9. The molecule has 28 heavy (non-hydrogen) atoms. The van der Waals surface area contributed by atoms with Gasteiger partial charge < -0.3 is 14.8 Å². The Labute approximate surface area is 161 Å². The topological polar surface area (TPSA) is 82.5 Å². The van der Waals surface area contributed by atoms with E-state index in [9.17, 15) is 9.59 Å². The largest absolute Gasteiger partial charge is 0.454 e. The van der Waals surface area contributed by atoms with Crippen LogP contribution in [-0.2, 0) is 11.3 Å². The average molecular weight is 377 g/mol. The van der Waals surface area contributed by atoms with Crippen LogP contribution in [0, 0.1) is 0 Å². The highest BCUT2D eigenvalue weighted by molar-refractivity contribution is 5.76. The van der Waals surface area contributed by atoms with E-state index in [1.165, 1.54) is 6.07 Å². The van der Waals surface area contributed by atoms with Crippen LogP contribution >= 0.6 is 0 Å². The molecule has 7 nitrogen and oxygen atoms in total. The van der Waals surface area contributed by atoms with Crippen molar-refractivity contribution in [3.8, 4) is 22.8 Å². The van der Waals surface area contributed by atoms with Gasteiger partial charge in [0.25, 0.3) is 5.56 Å². The molecule has 0 spiro atoms. The van der Waals surface area contributed by atoms with Crippen LogP contribution in [0.15, 0.2) is 65.5 Å². The van der Waals surface area contributed by atoms with Gasteiger partial charge in [-0.3, -0.25) is 9.59 Å². The molecule has 0 saturated heterocycles. The highest BCUT2D eigenvalue weighted by Gasteiger charge is 2.16. The molecule has 7 heteroatoms. The summed E-state index contributed by atoms with van der Waals surface area (Å²) in [6.45, 7) is 1.92. The SMILES string of the molecule is CC(NC(=O)Cn1nc(-c2ccc3c(c2)OCO3)ccc1=O)c1ccccc1. The third-order valence-corrected chi connectivity index (χ3v) is 4.51. The summed E-state index contributed by atoms with van der Waals surface area (Å²) >= 11 is 0. The number of nitrogens with one attached hydrogen (secondary N) is 1. The van der Waals surface area contributed by atoms with Crippen molar-refractivity contribution in [1.29, 1.82) is 0 Å². The monoisotopic (exact) mass is 377 g/mol. The molecule has 0 saturated carbocycles. The molecular weight excluding hydrogens is 358 g/mol. The zero-order valence-electron chi connectivity index (χ0n) is 15.3. The van der Waals surface area contributed by atoms with Crippen molar-refractivity contribution in [3.05, 3.63) is 76.6 Å².